The SMILES string of the molecule is CCCCN(C)c1ncnc(NN)c1OC. The number of nitrogen functional groups attached to an aromatic ring is 1. The Kier molecular flexibility index (Phi) is 4.78. The lowest BCUT2D eigenvalue weighted by molar-refractivity contribution is 0.412. The number of methoxy groups -OCH3 is 1. The number of nitrogens with two attached hydrogens (primary N) is 1. The van der Waals surface area contributed by atoms with Crippen molar-refractivity contribution in [1.29, 1.82) is 0 Å². The summed E-state index contributed by atoms with van der Waals surface area (Å²) in [5, 5.41) is 0. The van der Waals surface area contributed by atoms with Crippen LogP contribution in [0.15, 0.2) is 6.33 Å². The second-order valence-corrected chi connectivity index (χ2v) is 3.50. The minimum atomic E-state index is 0.496. The van der Waals surface area contributed by atoms with Gasteiger partial charge < -0.3 is 15.1 Å². The first-order chi connectivity index (χ1) is 7.74. The summed E-state index contributed by atoms with van der Waals surface area (Å²) in [5.74, 6) is 7.17. The number of nitrogens with zero attached hydrogens (tertiary/aromatic N) is 3. The molecule has 1 rings (SSSR count). The smallest absolute Gasteiger partial charge is 0.205 e. The molecule has 1 heterocycles. The summed E-state index contributed by atoms with van der Waals surface area (Å²) in [6.07, 6.45) is 3.71. The van der Waals surface area contributed by atoms with E-state index in [0.29, 0.717) is 11.6 Å². The van der Waals surface area contributed by atoms with Gasteiger partial charge in [0.2, 0.25) is 5.75 Å². The Morgan fingerprint density at radius 2 is 2.25 bits per heavy atom. The van der Waals surface area contributed by atoms with Gasteiger partial charge in [-0.1, -0.05) is 13.3 Å². The number of hydrogen-bond donors (Lipinski definition) is 2. The summed E-state index contributed by atoms with van der Waals surface area (Å²) in [5.41, 5.74) is 2.50. The Bertz CT molecular complexity index is 331. The summed E-state index contributed by atoms with van der Waals surface area (Å²) < 4.78 is 5.26. The highest BCUT2D eigenvalue weighted by atomic mass is 16.5. The lowest BCUT2D eigenvalue weighted by Gasteiger charge is -2.20. The van der Waals surface area contributed by atoms with Gasteiger partial charge in [0.25, 0.3) is 0 Å². The molecule has 0 amide bonds. The summed E-state index contributed by atoms with van der Waals surface area (Å²) in [7, 11) is 3.55. The monoisotopic (exact) mass is 225 g/mol. The van der Waals surface area contributed by atoms with Gasteiger partial charge in [-0.3, -0.25) is 0 Å². The fourth-order valence-electron chi connectivity index (χ4n) is 1.43. The number of hydrogen-bond acceptors (Lipinski definition) is 6. The average molecular weight is 225 g/mol. The zero-order valence-electron chi connectivity index (χ0n) is 10.0. The van der Waals surface area contributed by atoms with Gasteiger partial charge in [0.05, 0.1) is 7.11 Å². The Balaban J connectivity index is 2.93. The van der Waals surface area contributed by atoms with Crippen molar-refractivity contribution in [2.75, 3.05) is 31.0 Å². The van der Waals surface area contributed by atoms with Crippen molar-refractivity contribution in [1.82, 2.24) is 9.97 Å². The van der Waals surface area contributed by atoms with Crippen LogP contribution in [0, 0.1) is 0 Å². The summed E-state index contributed by atoms with van der Waals surface area (Å²) in [6.45, 7) is 3.08. The van der Waals surface area contributed by atoms with Crippen molar-refractivity contribution in [2.45, 2.75) is 19.8 Å². The minimum absolute atomic E-state index is 0.496. The maximum atomic E-state index is 5.36. The Labute approximate surface area is 95.8 Å². The van der Waals surface area contributed by atoms with E-state index in [1.807, 2.05) is 11.9 Å². The van der Waals surface area contributed by atoms with Gasteiger partial charge in [-0.2, -0.15) is 0 Å². The molecule has 0 aliphatic carbocycles. The number of unbranched alkanes of at least 4 members (excludes halogenated alkanes) is 1. The molecule has 0 fully saturated rings. The Hall–Kier alpha value is -1.56. The molecule has 0 aliphatic rings. The second kappa shape index (κ2) is 6.12. The van der Waals surface area contributed by atoms with E-state index in [0.717, 1.165) is 25.2 Å². The maximum Gasteiger partial charge on any atom is 0.205 e. The molecule has 0 radical (unpaired) electrons. The fraction of sp³-hybridized carbons (Fsp3) is 0.600. The Morgan fingerprint density at radius 1 is 1.50 bits per heavy atom. The quantitative estimate of drug-likeness (QED) is 0.556. The predicted molar refractivity (Wildman–Crippen MR) is 64.6 cm³/mol. The molecule has 0 saturated heterocycles. The van der Waals surface area contributed by atoms with Gasteiger partial charge in [0.1, 0.15) is 6.33 Å². The van der Waals surface area contributed by atoms with Gasteiger partial charge in [-0.15, -0.1) is 0 Å². The molecule has 6 nitrogen and oxygen atoms in total. The third kappa shape index (κ3) is 2.73. The number of nitrogens with one attached hydrogen (secondary N) is 1. The van der Waals surface area contributed by atoms with Crippen LogP contribution in [0.1, 0.15) is 19.8 Å². The van der Waals surface area contributed by atoms with Crippen molar-refractivity contribution in [3.05, 3.63) is 6.33 Å². The van der Waals surface area contributed by atoms with E-state index >= 15 is 0 Å². The molecular weight excluding hydrogens is 206 g/mol. The van der Waals surface area contributed by atoms with Crippen LogP contribution >= 0.6 is 0 Å². The van der Waals surface area contributed by atoms with E-state index in [-0.39, 0.29) is 0 Å². The summed E-state index contributed by atoms with van der Waals surface area (Å²) >= 11 is 0. The van der Waals surface area contributed by atoms with Crippen molar-refractivity contribution >= 4 is 11.6 Å². The molecule has 0 spiro atoms. The largest absolute Gasteiger partial charge is 0.490 e. The molecule has 0 unspecified atom stereocenters. The number of ether oxygens (including phenoxy) is 1. The summed E-state index contributed by atoms with van der Waals surface area (Å²) in [4.78, 5) is 10.2. The van der Waals surface area contributed by atoms with Crippen molar-refractivity contribution in [3.63, 3.8) is 0 Å². The average Bonchev–Trinajstić information content (AvgIpc) is 2.34. The first kappa shape index (κ1) is 12.5. The van der Waals surface area contributed by atoms with Crippen LogP contribution in [0.3, 0.4) is 0 Å². The highest BCUT2D eigenvalue weighted by Crippen LogP contribution is 2.30. The van der Waals surface area contributed by atoms with Crippen molar-refractivity contribution < 1.29 is 4.74 Å². The van der Waals surface area contributed by atoms with E-state index in [1.54, 1.807) is 7.11 Å². The van der Waals surface area contributed by atoms with E-state index < -0.39 is 0 Å². The van der Waals surface area contributed by atoms with Gasteiger partial charge in [-0.05, 0) is 6.42 Å². The molecule has 1 aromatic heterocycles. The molecule has 1 aromatic rings. The van der Waals surface area contributed by atoms with E-state index in [1.165, 1.54) is 6.33 Å². The first-order valence-corrected chi connectivity index (χ1v) is 5.31. The molecule has 16 heavy (non-hydrogen) atoms. The first-order valence-electron chi connectivity index (χ1n) is 5.31. The molecule has 6 heteroatoms. The van der Waals surface area contributed by atoms with E-state index in [9.17, 15) is 0 Å². The second-order valence-electron chi connectivity index (χ2n) is 3.50. The van der Waals surface area contributed by atoms with Gasteiger partial charge >= 0.3 is 0 Å². The van der Waals surface area contributed by atoms with Crippen LogP contribution in [0.4, 0.5) is 11.6 Å². The third-order valence-electron chi connectivity index (χ3n) is 2.33. The zero-order chi connectivity index (χ0) is 12.0. The van der Waals surface area contributed by atoms with Gasteiger partial charge in [0, 0.05) is 13.6 Å². The van der Waals surface area contributed by atoms with Crippen LogP contribution in [0.2, 0.25) is 0 Å². The van der Waals surface area contributed by atoms with Crippen LogP contribution < -0.4 is 20.9 Å². The van der Waals surface area contributed by atoms with E-state index in [2.05, 4.69) is 22.3 Å². The molecule has 0 bridgehead atoms. The molecule has 0 aromatic carbocycles. The molecule has 0 atom stereocenters. The molecule has 0 aliphatic heterocycles. The predicted octanol–water partition coefficient (Wildman–Crippen LogP) is 1.01. The topological polar surface area (TPSA) is 76.3 Å². The minimum Gasteiger partial charge on any atom is -0.490 e. The number of hydrazine groups is 1. The van der Waals surface area contributed by atoms with Crippen LogP contribution in [-0.4, -0.2) is 30.7 Å². The van der Waals surface area contributed by atoms with Crippen molar-refractivity contribution in [2.24, 2.45) is 5.84 Å². The third-order valence-corrected chi connectivity index (χ3v) is 2.33. The fourth-order valence-corrected chi connectivity index (χ4v) is 1.43. The standard InChI is InChI=1S/C10H19N5O/c1-4-5-6-15(2)10-8(16-3)9(14-11)12-7-13-10/h7H,4-6,11H2,1-3H3,(H,12,13,14). The molecular formula is C10H19N5O. The van der Waals surface area contributed by atoms with Crippen LogP contribution in [0.25, 0.3) is 0 Å². The normalized spacial score (nSPS) is 10.0. The van der Waals surface area contributed by atoms with Gasteiger partial charge in [-0.25, -0.2) is 15.8 Å². The lowest BCUT2D eigenvalue weighted by atomic mass is 10.3. The molecule has 90 valence electrons. The van der Waals surface area contributed by atoms with Crippen molar-refractivity contribution in [3.8, 4) is 5.75 Å². The summed E-state index contributed by atoms with van der Waals surface area (Å²) in [6, 6.07) is 0. The molecule has 3 N–H and O–H groups in total. The maximum absolute atomic E-state index is 5.36. The van der Waals surface area contributed by atoms with Crippen LogP contribution in [0.5, 0.6) is 5.75 Å². The lowest BCUT2D eigenvalue weighted by Crippen LogP contribution is -2.21. The highest BCUT2D eigenvalue weighted by Gasteiger charge is 2.14. The molecule has 0 saturated carbocycles. The number of rotatable bonds is 6. The number of aromatic nitrogens is 2. The van der Waals surface area contributed by atoms with Gasteiger partial charge in [0.15, 0.2) is 11.6 Å². The van der Waals surface area contributed by atoms with E-state index in [4.69, 9.17) is 10.6 Å². The highest BCUT2D eigenvalue weighted by molar-refractivity contribution is 5.63. The number of anilines is 2. The Morgan fingerprint density at radius 3 is 2.81 bits per heavy atom. The van der Waals surface area contributed by atoms with Crippen LogP contribution in [-0.2, 0) is 0 Å². The zero-order valence-corrected chi connectivity index (χ0v) is 10.0.